The first-order valence-electron chi connectivity index (χ1n) is 8.25. The molecule has 0 aliphatic carbocycles. The molecule has 2 aromatic carbocycles. The average molecular weight is 390 g/mol. The fourth-order valence-electron chi connectivity index (χ4n) is 2.75. The van der Waals surface area contributed by atoms with E-state index in [9.17, 15) is 17.6 Å². The Morgan fingerprint density at radius 2 is 1.89 bits per heavy atom. The second-order valence-corrected chi connectivity index (χ2v) is 8.09. The highest BCUT2D eigenvalue weighted by Crippen LogP contribution is 2.25. The van der Waals surface area contributed by atoms with Crippen molar-refractivity contribution in [2.24, 2.45) is 5.73 Å². The second kappa shape index (κ2) is 7.89. The number of nitrogens with two attached hydrogens (primary N) is 1. The highest BCUT2D eigenvalue weighted by atomic mass is 32.2. The lowest BCUT2D eigenvalue weighted by Gasteiger charge is -2.16. The van der Waals surface area contributed by atoms with Gasteiger partial charge in [-0.1, -0.05) is 18.2 Å². The summed E-state index contributed by atoms with van der Waals surface area (Å²) >= 11 is 0. The summed E-state index contributed by atoms with van der Waals surface area (Å²) in [6.45, 7) is 0.293. The molecule has 2 aromatic rings. The number of carbonyl (C=O) groups is 1. The smallest absolute Gasteiger partial charge is 0.255 e. The summed E-state index contributed by atoms with van der Waals surface area (Å²) < 4.78 is 43.1. The maximum atomic E-state index is 12.6. The molecule has 0 unspecified atom stereocenters. The van der Waals surface area contributed by atoms with Crippen molar-refractivity contribution in [1.82, 2.24) is 4.90 Å². The van der Waals surface area contributed by atoms with Crippen molar-refractivity contribution >= 4 is 15.7 Å². The molecule has 1 aliphatic rings. The number of rotatable bonds is 7. The molecular weight excluding hydrogens is 371 g/mol. The third-order valence-corrected chi connectivity index (χ3v) is 5.89. The normalized spacial score (nSPS) is 14.4. The van der Waals surface area contributed by atoms with Crippen LogP contribution in [-0.2, 0) is 16.4 Å². The predicted molar refractivity (Wildman–Crippen MR) is 98.6 cm³/mol. The van der Waals surface area contributed by atoms with Gasteiger partial charge in [0.05, 0.1) is 11.2 Å². The van der Waals surface area contributed by atoms with E-state index in [1.807, 2.05) is 12.1 Å². The highest BCUT2D eigenvalue weighted by molar-refractivity contribution is 7.91. The number of sulfone groups is 1. The Bertz CT molecular complexity index is 971. The Hall–Kier alpha value is -2.71. The van der Waals surface area contributed by atoms with Crippen LogP contribution in [-0.4, -0.2) is 38.3 Å². The molecule has 1 amide bonds. The Labute approximate surface area is 157 Å². The van der Waals surface area contributed by atoms with E-state index in [-0.39, 0.29) is 30.5 Å². The van der Waals surface area contributed by atoms with Crippen LogP contribution in [0.2, 0.25) is 0 Å². The lowest BCUT2D eigenvalue weighted by molar-refractivity contribution is 0.0804. The summed E-state index contributed by atoms with van der Waals surface area (Å²) in [5.74, 6) is -0.296. The number of carbonyl (C=O) groups excluding carboxylic acids is 1. The average Bonchev–Trinajstić information content (AvgIpc) is 2.98. The lowest BCUT2D eigenvalue weighted by Crippen LogP contribution is -2.30. The third-order valence-electron chi connectivity index (χ3n) is 4.25. The lowest BCUT2D eigenvalue weighted by atomic mass is 10.1. The van der Waals surface area contributed by atoms with Crippen LogP contribution in [0.1, 0.15) is 15.9 Å². The van der Waals surface area contributed by atoms with Crippen molar-refractivity contribution in [3.63, 3.8) is 0 Å². The van der Waals surface area contributed by atoms with E-state index in [0.29, 0.717) is 23.2 Å². The molecule has 3 rings (SSSR count). The zero-order valence-electron chi connectivity index (χ0n) is 14.5. The summed E-state index contributed by atoms with van der Waals surface area (Å²) in [5, 5.41) is 0. The zero-order valence-corrected chi connectivity index (χ0v) is 15.3. The molecule has 1 heterocycles. The molecule has 0 saturated heterocycles. The van der Waals surface area contributed by atoms with Crippen LogP contribution in [0.4, 0.5) is 4.39 Å². The Morgan fingerprint density at radius 3 is 2.52 bits per heavy atom. The first-order valence-corrected chi connectivity index (χ1v) is 9.91. The minimum Gasteiger partial charge on any atom is -0.489 e. The topological polar surface area (TPSA) is 89.7 Å². The molecule has 0 aromatic heterocycles. The quantitative estimate of drug-likeness (QED) is 0.783. The largest absolute Gasteiger partial charge is 0.489 e. The third kappa shape index (κ3) is 4.17. The van der Waals surface area contributed by atoms with Gasteiger partial charge in [-0.05, 0) is 35.9 Å². The number of amides is 1. The molecule has 2 N–H and O–H groups in total. The Balaban J connectivity index is 1.68. The summed E-state index contributed by atoms with van der Waals surface area (Å²) in [7, 11) is -3.69. The molecule has 1 aliphatic heterocycles. The fraction of sp³-hybridized carbons (Fsp3) is 0.211. The summed E-state index contributed by atoms with van der Waals surface area (Å²) in [4.78, 5) is 13.8. The van der Waals surface area contributed by atoms with E-state index < -0.39 is 15.7 Å². The molecule has 142 valence electrons. The molecule has 0 bridgehead atoms. The van der Waals surface area contributed by atoms with Crippen molar-refractivity contribution in [2.75, 3.05) is 19.0 Å². The first-order chi connectivity index (χ1) is 12.9. The van der Waals surface area contributed by atoms with Gasteiger partial charge in [0.25, 0.3) is 5.91 Å². The molecule has 8 heteroatoms. The minimum absolute atomic E-state index is 0.0143. The second-order valence-electron chi connectivity index (χ2n) is 6.14. The maximum Gasteiger partial charge on any atom is 0.255 e. The first kappa shape index (κ1) is 19.1. The van der Waals surface area contributed by atoms with Crippen LogP contribution in [0.5, 0.6) is 5.75 Å². The molecule has 0 spiro atoms. The standard InChI is InChI=1S/C19H19FN2O4S/c20-9-14(10-21)12-26-16-5-7-17(8-6-16)27(24,25)13-22-11-15-3-1-2-4-18(15)19(22)23/h1-9H,10-13,21H2. The molecular formula is C19H19FN2O4S. The van der Waals surface area contributed by atoms with Gasteiger partial charge < -0.3 is 15.4 Å². The van der Waals surface area contributed by atoms with Crippen LogP contribution in [0.25, 0.3) is 0 Å². The van der Waals surface area contributed by atoms with Gasteiger partial charge in [0.15, 0.2) is 9.84 Å². The molecule has 0 saturated carbocycles. The Morgan fingerprint density at radius 1 is 1.19 bits per heavy atom. The number of halogens is 1. The van der Waals surface area contributed by atoms with Crippen molar-refractivity contribution < 1.29 is 22.3 Å². The minimum atomic E-state index is -3.69. The summed E-state index contributed by atoms with van der Waals surface area (Å²) in [5.41, 5.74) is 6.99. The van der Waals surface area contributed by atoms with Crippen molar-refractivity contribution in [2.45, 2.75) is 11.4 Å². The van der Waals surface area contributed by atoms with E-state index in [1.54, 1.807) is 12.1 Å². The monoisotopic (exact) mass is 390 g/mol. The highest BCUT2D eigenvalue weighted by Gasteiger charge is 2.30. The number of hydrogen-bond donors (Lipinski definition) is 1. The number of benzene rings is 2. The number of fused-ring (bicyclic) bond motifs is 1. The maximum absolute atomic E-state index is 12.6. The molecule has 27 heavy (non-hydrogen) atoms. The molecule has 0 fully saturated rings. The van der Waals surface area contributed by atoms with Gasteiger partial charge >= 0.3 is 0 Å². The van der Waals surface area contributed by atoms with Crippen LogP contribution >= 0.6 is 0 Å². The molecule has 0 atom stereocenters. The van der Waals surface area contributed by atoms with E-state index in [1.165, 1.54) is 29.2 Å². The fourth-order valence-corrected chi connectivity index (χ4v) is 4.07. The van der Waals surface area contributed by atoms with Crippen LogP contribution in [0.3, 0.4) is 0 Å². The van der Waals surface area contributed by atoms with Gasteiger partial charge in [-0.15, -0.1) is 0 Å². The van der Waals surface area contributed by atoms with Gasteiger partial charge in [-0.25, -0.2) is 12.8 Å². The predicted octanol–water partition coefficient (Wildman–Crippen LogP) is 2.26. The summed E-state index contributed by atoms with van der Waals surface area (Å²) in [6.07, 6.45) is 0.393. The van der Waals surface area contributed by atoms with E-state index in [0.717, 1.165) is 5.56 Å². The van der Waals surface area contributed by atoms with Crippen molar-refractivity contribution in [1.29, 1.82) is 0 Å². The molecule has 6 nitrogen and oxygen atoms in total. The van der Waals surface area contributed by atoms with E-state index in [2.05, 4.69) is 0 Å². The SMILES string of the molecule is NCC(=CF)COc1ccc(S(=O)(=O)CN2Cc3ccccc3C2=O)cc1. The van der Waals surface area contributed by atoms with Gasteiger partial charge in [0.1, 0.15) is 18.2 Å². The van der Waals surface area contributed by atoms with Crippen molar-refractivity contribution in [3.8, 4) is 5.75 Å². The number of hydrogen-bond acceptors (Lipinski definition) is 5. The number of ether oxygens (including phenoxy) is 1. The van der Waals surface area contributed by atoms with Crippen LogP contribution in [0, 0.1) is 0 Å². The zero-order chi connectivity index (χ0) is 19.4. The van der Waals surface area contributed by atoms with Gasteiger partial charge in [0.2, 0.25) is 0 Å². The van der Waals surface area contributed by atoms with E-state index in [4.69, 9.17) is 10.5 Å². The summed E-state index contributed by atoms with van der Waals surface area (Å²) in [6, 6.07) is 12.9. The Kier molecular flexibility index (Phi) is 5.57. The van der Waals surface area contributed by atoms with E-state index >= 15 is 0 Å². The number of nitrogens with zero attached hydrogens (tertiary/aromatic N) is 1. The molecule has 0 radical (unpaired) electrons. The van der Waals surface area contributed by atoms with Gasteiger partial charge in [-0.2, -0.15) is 0 Å². The van der Waals surface area contributed by atoms with Gasteiger partial charge in [-0.3, -0.25) is 4.79 Å². The van der Waals surface area contributed by atoms with Gasteiger partial charge in [0, 0.05) is 24.2 Å². The van der Waals surface area contributed by atoms with Crippen LogP contribution in [0.15, 0.2) is 65.3 Å². The van der Waals surface area contributed by atoms with Crippen LogP contribution < -0.4 is 10.5 Å². The van der Waals surface area contributed by atoms with Crippen molar-refractivity contribution in [3.05, 3.63) is 71.6 Å².